The maximum atomic E-state index is 10.8. The van der Waals surface area contributed by atoms with E-state index in [-0.39, 0.29) is 12.3 Å². The summed E-state index contributed by atoms with van der Waals surface area (Å²) in [4.78, 5) is 10.7. The van der Waals surface area contributed by atoms with E-state index in [4.69, 9.17) is 5.11 Å². The summed E-state index contributed by atoms with van der Waals surface area (Å²) in [6.45, 7) is 2.16. The van der Waals surface area contributed by atoms with Crippen LogP contribution in [0.1, 0.15) is 89.5 Å². The number of aryl methyl sites for hydroxylation is 1. The Balaban J connectivity index is 2.00. The number of carboxylic acids is 1. The molecule has 0 aromatic heterocycles. The molecule has 1 aliphatic rings. The van der Waals surface area contributed by atoms with Gasteiger partial charge in [0.05, 0.1) is 12.2 Å². The number of hydrogen-bond acceptors (Lipinski definition) is 3. The van der Waals surface area contributed by atoms with Crippen molar-refractivity contribution < 1.29 is 20.1 Å². The molecule has 178 valence electrons. The third-order valence-corrected chi connectivity index (χ3v) is 6.52. The van der Waals surface area contributed by atoms with Crippen LogP contribution >= 0.6 is 0 Å². The largest absolute Gasteiger partial charge is 0.481 e. The minimum atomic E-state index is -0.725. The Morgan fingerprint density at radius 2 is 1.78 bits per heavy atom. The molecule has 2 rings (SSSR count). The Bertz CT molecular complexity index is 722. The first-order chi connectivity index (χ1) is 15.5. The van der Waals surface area contributed by atoms with Gasteiger partial charge in [-0.2, -0.15) is 0 Å². The van der Waals surface area contributed by atoms with E-state index in [9.17, 15) is 15.0 Å². The topological polar surface area (TPSA) is 77.8 Å². The van der Waals surface area contributed by atoms with Crippen LogP contribution < -0.4 is 0 Å². The van der Waals surface area contributed by atoms with Crippen LogP contribution in [0.4, 0.5) is 0 Å². The van der Waals surface area contributed by atoms with Gasteiger partial charge in [0.15, 0.2) is 0 Å². The molecule has 4 heteroatoms. The van der Waals surface area contributed by atoms with Gasteiger partial charge in [0.2, 0.25) is 0 Å². The molecule has 32 heavy (non-hydrogen) atoms. The zero-order chi connectivity index (χ0) is 23.2. The van der Waals surface area contributed by atoms with Crippen molar-refractivity contribution in [2.24, 2.45) is 5.92 Å². The van der Waals surface area contributed by atoms with E-state index < -0.39 is 18.2 Å². The molecule has 3 atom stereocenters. The Labute approximate surface area is 194 Å². The summed E-state index contributed by atoms with van der Waals surface area (Å²) in [6, 6.07) is 10.5. The molecule has 4 nitrogen and oxygen atoms in total. The average Bonchev–Trinajstić information content (AvgIpc) is 3.08. The second-order valence-corrected chi connectivity index (χ2v) is 9.17. The molecular weight excluding hydrogens is 400 g/mol. The lowest BCUT2D eigenvalue weighted by Gasteiger charge is -2.16. The molecule has 0 heterocycles. The number of aliphatic hydroxyl groups is 2. The quantitative estimate of drug-likeness (QED) is 0.210. The third kappa shape index (κ3) is 9.70. The van der Waals surface area contributed by atoms with Crippen molar-refractivity contribution in [3.05, 3.63) is 59.2 Å². The Morgan fingerprint density at radius 3 is 2.50 bits per heavy atom. The molecule has 0 spiro atoms. The zero-order valence-electron chi connectivity index (χ0n) is 19.7. The predicted octanol–water partition coefficient (Wildman–Crippen LogP) is 6.22. The van der Waals surface area contributed by atoms with Gasteiger partial charge in [-0.15, -0.1) is 0 Å². The van der Waals surface area contributed by atoms with Crippen LogP contribution in [-0.2, 0) is 11.2 Å². The third-order valence-electron chi connectivity index (χ3n) is 6.52. The highest BCUT2D eigenvalue weighted by atomic mass is 16.4. The Morgan fingerprint density at radius 1 is 1.03 bits per heavy atom. The molecule has 1 aromatic rings. The standard InChI is InChI=1S/C28H42O4/c1-2-3-7-14-24(29)19-20-26-25(15-10-4-5-11-16-28(31)32)23(21-27(26)30)18-17-22-12-8-6-9-13-22/h6,8-9,12-13,19-20,24,26-27,29-30H,2-5,7,10-11,14-18,21H2,1H3,(H,31,32)/t24-,26+,27+/m0/s1. The fourth-order valence-corrected chi connectivity index (χ4v) is 4.66. The van der Waals surface area contributed by atoms with Crippen molar-refractivity contribution >= 4 is 5.97 Å². The molecule has 3 N–H and O–H groups in total. The van der Waals surface area contributed by atoms with E-state index in [2.05, 4.69) is 31.2 Å². The number of unbranched alkanes of at least 4 members (excludes halogenated alkanes) is 5. The number of carboxylic acid groups (broad SMARTS) is 1. The summed E-state index contributed by atoms with van der Waals surface area (Å²) in [5.41, 5.74) is 4.01. The Kier molecular flexibility index (Phi) is 12.4. The fourth-order valence-electron chi connectivity index (χ4n) is 4.66. The molecule has 0 aliphatic heterocycles. The van der Waals surface area contributed by atoms with Crippen molar-refractivity contribution in [3.63, 3.8) is 0 Å². The van der Waals surface area contributed by atoms with Crippen LogP contribution in [-0.4, -0.2) is 33.5 Å². The van der Waals surface area contributed by atoms with E-state index in [0.717, 1.165) is 70.6 Å². The minimum absolute atomic E-state index is 0.0133. The van der Waals surface area contributed by atoms with Gasteiger partial charge in [-0.1, -0.05) is 92.7 Å². The predicted molar refractivity (Wildman–Crippen MR) is 131 cm³/mol. The molecule has 0 saturated carbocycles. The van der Waals surface area contributed by atoms with Crippen LogP contribution in [0.5, 0.6) is 0 Å². The van der Waals surface area contributed by atoms with Gasteiger partial charge < -0.3 is 15.3 Å². The number of aliphatic hydroxyl groups excluding tert-OH is 2. The van der Waals surface area contributed by atoms with E-state index in [1.807, 2.05) is 18.2 Å². The van der Waals surface area contributed by atoms with Gasteiger partial charge in [-0.25, -0.2) is 0 Å². The van der Waals surface area contributed by atoms with Gasteiger partial charge in [0, 0.05) is 12.3 Å². The molecular formula is C28H42O4. The van der Waals surface area contributed by atoms with Gasteiger partial charge in [0.1, 0.15) is 0 Å². The molecule has 1 aromatic carbocycles. The first-order valence-corrected chi connectivity index (χ1v) is 12.5. The molecule has 0 radical (unpaired) electrons. The summed E-state index contributed by atoms with van der Waals surface area (Å²) in [7, 11) is 0. The van der Waals surface area contributed by atoms with Gasteiger partial charge in [-0.3, -0.25) is 4.79 Å². The molecule has 0 fully saturated rings. The van der Waals surface area contributed by atoms with Crippen LogP contribution in [0.2, 0.25) is 0 Å². The lowest BCUT2D eigenvalue weighted by Crippen LogP contribution is -2.15. The highest BCUT2D eigenvalue weighted by Gasteiger charge is 2.31. The monoisotopic (exact) mass is 442 g/mol. The first kappa shape index (κ1) is 26.3. The summed E-state index contributed by atoms with van der Waals surface area (Å²) >= 11 is 0. The zero-order valence-corrected chi connectivity index (χ0v) is 19.7. The molecule has 1 aliphatic carbocycles. The van der Waals surface area contributed by atoms with E-state index in [1.165, 1.54) is 16.7 Å². The van der Waals surface area contributed by atoms with E-state index >= 15 is 0 Å². The van der Waals surface area contributed by atoms with Crippen molar-refractivity contribution in [1.82, 2.24) is 0 Å². The number of hydrogen-bond donors (Lipinski definition) is 3. The van der Waals surface area contributed by atoms with Gasteiger partial charge >= 0.3 is 5.97 Å². The summed E-state index contributed by atoms with van der Waals surface area (Å²) in [6.07, 6.45) is 14.6. The highest BCUT2D eigenvalue weighted by Crippen LogP contribution is 2.39. The van der Waals surface area contributed by atoms with Crippen LogP contribution in [0.3, 0.4) is 0 Å². The highest BCUT2D eigenvalue weighted by molar-refractivity contribution is 5.66. The number of carbonyl (C=O) groups is 1. The first-order valence-electron chi connectivity index (χ1n) is 12.5. The lowest BCUT2D eigenvalue weighted by molar-refractivity contribution is -0.137. The minimum Gasteiger partial charge on any atom is -0.481 e. The smallest absolute Gasteiger partial charge is 0.303 e. The molecule has 0 saturated heterocycles. The van der Waals surface area contributed by atoms with Crippen molar-refractivity contribution in [2.45, 2.75) is 103 Å². The van der Waals surface area contributed by atoms with Crippen molar-refractivity contribution in [2.75, 3.05) is 0 Å². The maximum Gasteiger partial charge on any atom is 0.303 e. The SMILES string of the molecule is CCCCC[C@H](O)C=C[C@@H]1C(CCCCCCC(=O)O)=C(CCc2ccccc2)C[C@H]1O. The molecule has 0 amide bonds. The average molecular weight is 443 g/mol. The fraction of sp³-hybridized carbons (Fsp3) is 0.607. The van der Waals surface area contributed by atoms with Crippen LogP contribution in [0, 0.1) is 5.92 Å². The molecule has 0 bridgehead atoms. The van der Waals surface area contributed by atoms with Crippen LogP contribution in [0.25, 0.3) is 0 Å². The summed E-state index contributed by atoms with van der Waals surface area (Å²) in [5, 5.41) is 29.9. The second-order valence-electron chi connectivity index (χ2n) is 9.17. The van der Waals surface area contributed by atoms with Crippen molar-refractivity contribution in [3.8, 4) is 0 Å². The Hall–Kier alpha value is -1.91. The maximum absolute atomic E-state index is 10.8. The molecule has 0 unspecified atom stereocenters. The van der Waals surface area contributed by atoms with Crippen molar-refractivity contribution in [1.29, 1.82) is 0 Å². The number of rotatable bonds is 16. The summed E-state index contributed by atoms with van der Waals surface area (Å²) < 4.78 is 0. The number of aliphatic carboxylic acids is 1. The van der Waals surface area contributed by atoms with E-state index in [1.54, 1.807) is 0 Å². The normalized spacial score (nSPS) is 19.7. The lowest BCUT2D eigenvalue weighted by atomic mass is 9.91. The second kappa shape index (κ2) is 15.0. The van der Waals surface area contributed by atoms with Crippen LogP contribution in [0.15, 0.2) is 53.6 Å². The number of benzene rings is 1. The van der Waals surface area contributed by atoms with Gasteiger partial charge in [0.25, 0.3) is 0 Å². The van der Waals surface area contributed by atoms with E-state index in [0.29, 0.717) is 6.42 Å². The summed E-state index contributed by atoms with van der Waals surface area (Å²) in [5.74, 6) is -0.738. The van der Waals surface area contributed by atoms with Gasteiger partial charge in [-0.05, 0) is 50.5 Å².